The average molecular weight is 231 g/mol. The maximum absolute atomic E-state index is 11.0. The maximum atomic E-state index is 11.0. The second kappa shape index (κ2) is 4.20. The van der Waals surface area contributed by atoms with Crippen LogP contribution in [0.15, 0.2) is 18.2 Å². The van der Waals surface area contributed by atoms with Crippen LogP contribution in [0.1, 0.15) is 11.4 Å². The number of hydrogen-bond donors (Lipinski definition) is 0. The Labute approximate surface area is 96.7 Å². The minimum atomic E-state index is -0.451. The SMILES string of the molecule is Cc1nnc(-c2cccc(C)c2[N+](=O)[O-])nn1. The lowest BCUT2D eigenvalue weighted by molar-refractivity contribution is -0.384. The molecule has 0 amide bonds. The summed E-state index contributed by atoms with van der Waals surface area (Å²) in [6.07, 6.45) is 0. The predicted molar refractivity (Wildman–Crippen MR) is 59.2 cm³/mol. The lowest BCUT2D eigenvalue weighted by Crippen LogP contribution is -2.02. The largest absolute Gasteiger partial charge is 0.283 e. The van der Waals surface area contributed by atoms with Crippen LogP contribution in [0, 0.1) is 24.0 Å². The summed E-state index contributed by atoms with van der Waals surface area (Å²) in [6.45, 7) is 3.31. The second-order valence-electron chi connectivity index (χ2n) is 3.50. The highest BCUT2D eigenvalue weighted by Gasteiger charge is 2.20. The van der Waals surface area contributed by atoms with Crippen LogP contribution in [0.5, 0.6) is 0 Å². The molecule has 7 heteroatoms. The number of nitro benzene ring substituents is 1. The van der Waals surface area contributed by atoms with Gasteiger partial charge in [-0.3, -0.25) is 10.1 Å². The van der Waals surface area contributed by atoms with Gasteiger partial charge in [-0.15, -0.1) is 20.4 Å². The predicted octanol–water partition coefficient (Wildman–Crippen LogP) is 1.46. The Hall–Kier alpha value is -2.44. The number of hydrogen-bond acceptors (Lipinski definition) is 6. The number of aryl methyl sites for hydroxylation is 2. The minimum Gasteiger partial charge on any atom is -0.258 e. The highest BCUT2D eigenvalue weighted by molar-refractivity contribution is 5.69. The molecule has 0 saturated carbocycles. The van der Waals surface area contributed by atoms with Crippen LogP contribution in [0.25, 0.3) is 11.4 Å². The van der Waals surface area contributed by atoms with Gasteiger partial charge in [0.05, 0.1) is 4.92 Å². The highest BCUT2D eigenvalue weighted by atomic mass is 16.6. The van der Waals surface area contributed by atoms with Crippen molar-refractivity contribution in [2.45, 2.75) is 13.8 Å². The van der Waals surface area contributed by atoms with E-state index < -0.39 is 4.92 Å². The lowest BCUT2D eigenvalue weighted by Gasteiger charge is -2.02. The molecule has 86 valence electrons. The standard InChI is InChI=1S/C10H9N5O2/c1-6-4-3-5-8(9(6)15(16)17)10-13-11-7(2)12-14-10/h3-5H,1-2H3. The van der Waals surface area contributed by atoms with Gasteiger partial charge in [-0.25, -0.2) is 0 Å². The summed E-state index contributed by atoms with van der Waals surface area (Å²) in [5.41, 5.74) is 0.867. The van der Waals surface area contributed by atoms with Crippen molar-refractivity contribution in [1.82, 2.24) is 20.4 Å². The van der Waals surface area contributed by atoms with Crippen LogP contribution in [0.4, 0.5) is 5.69 Å². The van der Waals surface area contributed by atoms with Gasteiger partial charge >= 0.3 is 0 Å². The molecule has 0 bridgehead atoms. The van der Waals surface area contributed by atoms with Gasteiger partial charge in [-0.1, -0.05) is 12.1 Å². The Morgan fingerprint density at radius 3 is 2.35 bits per heavy atom. The van der Waals surface area contributed by atoms with Crippen molar-refractivity contribution in [3.8, 4) is 11.4 Å². The Morgan fingerprint density at radius 2 is 1.76 bits per heavy atom. The van der Waals surface area contributed by atoms with Gasteiger partial charge in [0.15, 0.2) is 5.82 Å². The zero-order chi connectivity index (χ0) is 12.4. The first-order chi connectivity index (χ1) is 8.09. The molecule has 7 nitrogen and oxygen atoms in total. The van der Waals surface area contributed by atoms with E-state index >= 15 is 0 Å². The molecule has 2 rings (SSSR count). The molecular weight excluding hydrogens is 222 g/mol. The van der Waals surface area contributed by atoms with Gasteiger partial charge in [0.25, 0.3) is 5.69 Å². The van der Waals surface area contributed by atoms with Gasteiger partial charge in [-0.2, -0.15) is 0 Å². The number of nitrogens with zero attached hydrogens (tertiary/aromatic N) is 5. The third-order valence-electron chi connectivity index (χ3n) is 2.24. The Morgan fingerprint density at radius 1 is 1.12 bits per heavy atom. The number of nitro groups is 1. The molecular formula is C10H9N5O2. The second-order valence-corrected chi connectivity index (χ2v) is 3.50. The fourth-order valence-corrected chi connectivity index (χ4v) is 1.47. The first-order valence-electron chi connectivity index (χ1n) is 4.88. The van der Waals surface area contributed by atoms with Gasteiger partial charge in [-0.05, 0) is 19.9 Å². The summed E-state index contributed by atoms with van der Waals surface area (Å²) in [4.78, 5) is 10.5. The van der Waals surface area contributed by atoms with Gasteiger partial charge in [0.2, 0.25) is 5.82 Å². The third-order valence-corrected chi connectivity index (χ3v) is 2.24. The van der Waals surface area contributed by atoms with E-state index in [0.29, 0.717) is 17.0 Å². The van der Waals surface area contributed by atoms with E-state index in [1.807, 2.05) is 0 Å². The molecule has 17 heavy (non-hydrogen) atoms. The molecule has 1 heterocycles. The molecule has 1 aromatic heterocycles. The zero-order valence-corrected chi connectivity index (χ0v) is 9.28. The normalized spacial score (nSPS) is 10.2. The fourth-order valence-electron chi connectivity index (χ4n) is 1.47. The first kappa shape index (κ1) is 11.1. The molecule has 0 atom stereocenters. The summed E-state index contributed by atoms with van der Waals surface area (Å²) >= 11 is 0. The van der Waals surface area contributed by atoms with Crippen molar-refractivity contribution in [2.24, 2.45) is 0 Å². The van der Waals surface area contributed by atoms with E-state index in [4.69, 9.17) is 0 Å². The van der Waals surface area contributed by atoms with E-state index in [1.54, 1.807) is 32.0 Å². The van der Waals surface area contributed by atoms with Crippen molar-refractivity contribution in [2.75, 3.05) is 0 Å². The highest BCUT2D eigenvalue weighted by Crippen LogP contribution is 2.29. The van der Waals surface area contributed by atoms with E-state index in [2.05, 4.69) is 20.4 Å². The van der Waals surface area contributed by atoms with Crippen molar-refractivity contribution in [3.63, 3.8) is 0 Å². The molecule has 0 N–H and O–H groups in total. The van der Waals surface area contributed by atoms with Crippen molar-refractivity contribution in [1.29, 1.82) is 0 Å². The fraction of sp³-hybridized carbons (Fsp3) is 0.200. The number of aromatic nitrogens is 4. The van der Waals surface area contributed by atoms with Crippen LogP contribution in [-0.2, 0) is 0 Å². The van der Waals surface area contributed by atoms with Crippen LogP contribution >= 0.6 is 0 Å². The van der Waals surface area contributed by atoms with Gasteiger partial charge in [0, 0.05) is 5.56 Å². The molecule has 1 aromatic carbocycles. The Kier molecular flexibility index (Phi) is 2.73. The smallest absolute Gasteiger partial charge is 0.258 e. The van der Waals surface area contributed by atoms with Crippen molar-refractivity contribution >= 4 is 5.69 Å². The monoisotopic (exact) mass is 231 g/mol. The van der Waals surface area contributed by atoms with Crippen molar-refractivity contribution in [3.05, 3.63) is 39.7 Å². The molecule has 0 spiro atoms. The number of benzene rings is 1. The third kappa shape index (κ3) is 2.07. The van der Waals surface area contributed by atoms with Crippen LogP contribution in [-0.4, -0.2) is 25.3 Å². The van der Waals surface area contributed by atoms with Crippen LogP contribution in [0.2, 0.25) is 0 Å². The topological polar surface area (TPSA) is 94.7 Å². The molecule has 0 aliphatic heterocycles. The van der Waals surface area contributed by atoms with E-state index in [0.717, 1.165) is 0 Å². The van der Waals surface area contributed by atoms with Crippen LogP contribution in [0.3, 0.4) is 0 Å². The number of para-hydroxylation sites is 1. The molecule has 0 aliphatic rings. The summed E-state index contributed by atoms with van der Waals surface area (Å²) in [5.74, 6) is 0.579. The van der Waals surface area contributed by atoms with Gasteiger partial charge < -0.3 is 0 Å². The summed E-state index contributed by atoms with van der Waals surface area (Å²) in [7, 11) is 0. The molecule has 0 fully saturated rings. The average Bonchev–Trinajstić information content (AvgIpc) is 2.29. The summed E-state index contributed by atoms with van der Waals surface area (Å²) in [6, 6.07) is 4.96. The lowest BCUT2D eigenvalue weighted by atomic mass is 10.1. The Bertz CT molecular complexity index is 567. The zero-order valence-electron chi connectivity index (χ0n) is 9.28. The van der Waals surface area contributed by atoms with E-state index in [-0.39, 0.29) is 11.5 Å². The van der Waals surface area contributed by atoms with Crippen molar-refractivity contribution < 1.29 is 4.92 Å². The minimum absolute atomic E-state index is 0.0139. The molecule has 2 aromatic rings. The maximum Gasteiger partial charge on any atom is 0.283 e. The molecule has 0 radical (unpaired) electrons. The Balaban J connectivity index is 2.63. The number of rotatable bonds is 2. The van der Waals surface area contributed by atoms with Crippen LogP contribution < -0.4 is 0 Å². The van der Waals surface area contributed by atoms with E-state index in [1.165, 1.54) is 0 Å². The summed E-state index contributed by atoms with van der Waals surface area (Å²) in [5, 5.41) is 26.1. The molecule has 0 aliphatic carbocycles. The molecule has 0 saturated heterocycles. The van der Waals surface area contributed by atoms with Gasteiger partial charge in [0.1, 0.15) is 5.56 Å². The van der Waals surface area contributed by atoms with E-state index in [9.17, 15) is 10.1 Å². The first-order valence-corrected chi connectivity index (χ1v) is 4.88. The quantitative estimate of drug-likeness (QED) is 0.573. The molecule has 0 unspecified atom stereocenters. The summed E-state index contributed by atoms with van der Waals surface area (Å²) < 4.78 is 0.